The van der Waals surface area contributed by atoms with Crippen LogP contribution in [0.5, 0.6) is 0 Å². The zero-order valence-corrected chi connectivity index (χ0v) is 8.47. The first-order valence-corrected chi connectivity index (χ1v) is 4.67. The van der Waals surface area contributed by atoms with Crippen molar-refractivity contribution in [1.29, 1.82) is 0 Å². The average molecular weight is 182 g/mol. The van der Waals surface area contributed by atoms with Gasteiger partial charge in [0.25, 0.3) is 0 Å². The maximum absolute atomic E-state index is 10.5. The van der Waals surface area contributed by atoms with Gasteiger partial charge in [-0.3, -0.25) is 0 Å². The van der Waals surface area contributed by atoms with Crippen molar-refractivity contribution in [3.05, 3.63) is 23.8 Å². The van der Waals surface area contributed by atoms with Crippen LogP contribution < -0.4 is 0 Å². The second-order valence-corrected chi connectivity index (χ2v) is 3.14. The Labute approximate surface area is 80.0 Å². The number of hydrogen-bond acceptors (Lipinski definition) is 1. The van der Waals surface area contributed by atoms with E-state index >= 15 is 0 Å². The van der Waals surface area contributed by atoms with E-state index in [0.717, 1.165) is 19.3 Å². The molecule has 0 radical (unpaired) electrons. The van der Waals surface area contributed by atoms with Gasteiger partial charge in [-0.1, -0.05) is 31.6 Å². The molecule has 0 saturated heterocycles. The number of hydrogen-bond donors (Lipinski definition) is 1. The molecule has 74 valence electrons. The highest BCUT2D eigenvalue weighted by Crippen LogP contribution is 2.15. The summed E-state index contributed by atoms with van der Waals surface area (Å²) in [6.07, 6.45) is 5.73. The van der Waals surface area contributed by atoms with Crippen LogP contribution in [-0.2, 0) is 4.79 Å². The van der Waals surface area contributed by atoms with Crippen molar-refractivity contribution in [3.63, 3.8) is 0 Å². The predicted octanol–water partition coefficient (Wildman–Crippen LogP) is 3.15. The zero-order chi connectivity index (χ0) is 10.3. The smallest absolute Gasteiger partial charge is 0.331 e. The largest absolute Gasteiger partial charge is 0.478 e. The Bertz CT molecular complexity index is 214. The fourth-order valence-corrected chi connectivity index (χ4v) is 1.09. The summed E-state index contributed by atoms with van der Waals surface area (Å²) in [6.45, 7) is 7.58. The molecule has 0 aromatic rings. The number of carbonyl (C=O) groups is 1. The SMILES string of the molecule is C=C(CC(=CC)CCCC)C(=O)O. The fourth-order valence-electron chi connectivity index (χ4n) is 1.09. The van der Waals surface area contributed by atoms with Crippen molar-refractivity contribution in [2.75, 3.05) is 0 Å². The summed E-state index contributed by atoms with van der Waals surface area (Å²) in [5.41, 5.74) is 1.46. The Morgan fingerprint density at radius 3 is 2.54 bits per heavy atom. The molecule has 0 aromatic heterocycles. The molecule has 0 unspecified atom stereocenters. The minimum atomic E-state index is -0.893. The first kappa shape index (κ1) is 11.9. The number of aliphatic carboxylic acids is 1. The molecule has 0 atom stereocenters. The second kappa shape index (κ2) is 6.46. The van der Waals surface area contributed by atoms with Gasteiger partial charge in [-0.25, -0.2) is 4.79 Å². The number of unbranched alkanes of at least 4 members (excludes halogenated alkanes) is 1. The van der Waals surface area contributed by atoms with Gasteiger partial charge in [0.1, 0.15) is 0 Å². The van der Waals surface area contributed by atoms with E-state index in [0.29, 0.717) is 6.42 Å². The van der Waals surface area contributed by atoms with E-state index < -0.39 is 5.97 Å². The van der Waals surface area contributed by atoms with Crippen LogP contribution in [0.1, 0.15) is 39.5 Å². The molecule has 0 aliphatic rings. The van der Waals surface area contributed by atoms with Crippen molar-refractivity contribution in [1.82, 2.24) is 0 Å². The molecular weight excluding hydrogens is 164 g/mol. The van der Waals surface area contributed by atoms with Gasteiger partial charge in [0, 0.05) is 5.57 Å². The molecule has 0 amide bonds. The average Bonchev–Trinajstić information content (AvgIpc) is 2.11. The van der Waals surface area contributed by atoms with Crippen LogP contribution in [0, 0.1) is 0 Å². The summed E-state index contributed by atoms with van der Waals surface area (Å²) >= 11 is 0. The lowest BCUT2D eigenvalue weighted by Gasteiger charge is -2.05. The lowest BCUT2D eigenvalue weighted by atomic mass is 10.0. The fraction of sp³-hybridized carbons (Fsp3) is 0.545. The first-order valence-electron chi connectivity index (χ1n) is 4.67. The van der Waals surface area contributed by atoms with Gasteiger partial charge in [-0.05, 0) is 26.2 Å². The van der Waals surface area contributed by atoms with E-state index in [9.17, 15) is 4.79 Å². The van der Waals surface area contributed by atoms with Crippen molar-refractivity contribution < 1.29 is 9.90 Å². The molecule has 0 saturated carbocycles. The zero-order valence-electron chi connectivity index (χ0n) is 8.47. The Morgan fingerprint density at radius 1 is 1.54 bits per heavy atom. The molecule has 0 spiro atoms. The molecule has 0 bridgehead atoms. The standard InChI is InChI=1S/C11H18O2/c1-4-6-7-10(5-2)8-9(3)11(12)13/h5H,3-4,6-8H2,1-2H3,(H,12,13). The summed E-state index contributed by atoms with van der Waals surface area (Å²) in [6, 6.07) is 0. The molecule has 0 fully saturated rings. The molecule has 13 heavy (non-hydrogen) atoms. The van der Waals surface area contributed by atoms with E-state index in [1.807, 2.05) is 13.0 Å². The first-order chi connectivity index (χ1) is 6.11. The Hall–Kier alpha value is -1.05. The quantitative estimate of drug-likeness (QED) is 0.506. The van der Waals surface area contributed by atoms with E-state index in [2.05, 4.69) is 13.5 Å². The van der Waals surface area contributed by atoms with Gasteiger partial charge in [-0.15, -0.1) is 0 Å². The normalized spacial score (nSPS) is 11.4. The summed E-state index contributed by atoms with van der Waals surface area (Å²) in [7, 11) is 0. The highest BCUT2D eigenvalue weighted by Gasteiger charge is 2.05. The Balaban J connectivity index is 4.00. The van der Waals surface area contributed by atoms with E-state index in [4.69, 9.17) is 5.11 Å². The maximum Gasteiger partial charge on any atom is 0.331 e. The molecule has 2 nitrogen and oxygen atoms in total. The van der Waals surface area contributed by atoms with Crippen molar-refractivity contribution in [2.24, 2.45) is 0 Å². The lowest BCUT2D eigenvalue weighted by molar-refractivity contribution is -0.132. The molecular formula is C11H18O2. The third-order valence-corrected chi connectivity index (χ3v) is 2.00. The molecule has 0 rings (SSSR count). The van der Waals surface area contributed by atoms with E-state index in [1.54, 1.807) is 0 Å². The molecule has 0 aliphatic carbocycles. The number of allylic oxidation sites excluding steroid dienone is 2. The molecule has 1 N–H and O–H groups in total. The van der Waals surface area contributed by atoms with Gasteiger partial charge in [0.2, 0.25) is 0 Å². The number of carboxylic acid groups (broad SMARTS) is 1. The van der Waals surface area contributed by atoms with Crippen LogP contribution in [0.15, 0.2) is 23.8 Å². The van der Waals surface area contributed by atoms with Crippen LogP contribution in [0.2, 0.25) is 0 Å². The van der Waals surface area contributed by atoms with E-state index in [1.165, 1.54) is 5.57 Å². The van der Waals surface area contributed by atoms with Gasteiger partial charge in [-0.2, -0.15) is 0 Å². The molecule has 2 heteroatoms. The summed E-state index contributed by atoms with van der Waals surface area (Å²) in [4.78, 5) is 10.5. The van der Waals surface area contributed by atoms with Gasteiger partial charge < -0.3 is 5.11 Å². The van der Waals surface area contributed by atoms with Gasteiger partial charge >= 0.3 is 5.97 Å². The molecule has 0 aromatic carbocycles. The lowest BCUT2D eigenvalue weighted by Crippen LogP contribution is -2.00. The summed E-state index contributed by atoms with van der Waals surface area (Å²) in [5.74, 6) is -0.893. The number of rotatable bonds is 6. The number of carboxylic acids is 1. The highest BCUT2D eigenvalue weighted by atomic mass is 16.4. The minimum Gasteiger partial charge on any atom is -0.478 e. The topological polar surface area (TPSA) is 37.3 Å². The predicted molar refractivity (Wildman–Crippen MR) is 54.7 cm³/mol. The maximum atomic E-state index is 10.5. The van der Waals surface area contributed by atoms with Crippen LogP contribution in [0.25, 0.3) is 0 Å². The Kier molecular flexibility index (Phi) is 5.94. The molecule has 0 heterocycles. The second-order valence-electron chi connectivity index (χ2n) is 3.14. The summed E-state index contributed by atoms with van der Waals surface area (Å²) in [5, 5.41) is 8.63. The van der Waals surface area contributed by atoms with Gasteiger partial charge in [0.05, 0.1) is 0 Å². The third-order valence-electron chi connectivity index (χ3n) is 2.00. The van der Waals surface area contributed by atoms with Crippen molar-refractivity contribution in [3.8, 4) is 0 Å². The van der Waals surface area contributed by atoms with Gasteiger partial charge in [0.15, 0.2) is 0 Å². The Morgan fingerprint density at radius 2 is 2.15 bits per heavy atom. The third kappa shape index (κ3) is 5.23. The van der Waals surface area contributed by atoms with Crippen LogP contribution in [-0.4, -0.2) is 11.1 Å². The van der Waals surface area contributed by atoms with E-state index in [-0.39, 0.29) is 5.57 Å². The van der Waals surface area contributed by atoms with Crippen molar-refractivity contribution >= 4 is 5.97 Å². The monoisotopic (exact) mass is 182 g/mol. The summed E-state index contributed by atoms with van der Waals surface area (Å²) < 4.78 is 0. The van der Waals surface area contributed by atoms with Crippen LogP contribution >= 0.6 is 0 Å². The highest BCUT2D eigenvalue weighted by molar-refractivity contribution is 5.86. The minimum absolute atomic E-state index is 0.282. The van der Waals surface area contributed by atoms with Crippen molar-refractivity contribution in [2.45, 2.75) is 39.5 Å². The van der Waals surface area contributed by atoms with Crippen LogP contribution in [0.3, 0.4) is 0 Å². The van der Waals surface area contributed by atoms with Crippen LogP contribution in [0.4, 0.5) is 0 Å². The molecule has 0 aliphatic heterocycles.